The molecule has 0 rings (SSSR count). The topological polar surface area (TPSA) is 153 Å². The third kappa shape index (κ3) is 4.75. The zero-order valence-electron chi connectivity index (χ0n) is 9.35. The Balaban J connectivity index is 4.55. The zero-order chi connectivity index (χ0) is 13.6. The lowest BCUT2D eigenvalue weighted by Gasteiger charge is -2.26. The van der Waals surface area contributed by atoms with E-state index in [1.165, 1.54) is 6.92 Å². The van der Waals surface area contributed by atoms with Gasteiger partial charge in [0, 0.05) is 0 Å². The Kier molecular flexibility index (Phi) is 6.85. The number of hydrogen-bond donors (Lipinski definition) is 6. The van der Waals surface area contributed by atoms with Crippen LogP contribution in [0.3, 0.4) is 0 Å². The van der Waals surface area contributed by atoms with Crippen LogP contribution in [0.15, 0.2) is 0 Å². The Hall–Kier alpha value is -1.06. The van der Waals surface area contributed by atoms with E-state index in [0.717, 1.165) is 0 Å². The Morgan fingerprint density at radius 3 is 2.24 bits per heavy atom. The first kappa shape index (κ1) is 15.9. The third-order valence-corrected chi connectivity index (χ3v) is 2.17. The highest BCUT2D eigenvalue weighted by Crippen LogP contribution is 2.04. The smallest absolute Gasteiger partial charge is 0.237 e. The summed E-state index contributed by atoms with van der Waals surface area (Å²) in [6.07, 6.45) is -4.90. The highest BCUT2D eigenvalue weighted by atomic mass is 16.4. The van der Waals surface area contributed by atoms with Gasteiger partial charge in [-0.2, -0.15) is 0 Å². The molecule has 7 N–H and O–H groups in total. The first-order valence-corrected chi connectivity index (χ1v) is 5.01. The van der Waals surface area contributed by atoms with E-state index in [0.29, 0.717) is 0 Å². The molecule has 0 unspecified atom stereocenters. The highest BCUT2D eigenvalue weighted by molar-refractivity contribution is 5.84. The largest absolute Gasteiger partial charge is 0.394 e. The molecule has 0 aromatic rings. The quantitative estimate of drug-likeness (QED) is 0.252. The second kappa shape index (κ2) is 7.30. The van der Waals surface area contributed by atoms with Crippen LogP contribution in [0.25, 0.3) is 0 Å². The third-order valence-electron chi connectivity index (χ3n) is 2.17. The average Bonchev–Trinajstić information content (AvgIpc) is 2.32. The maximum Gasteiger partial charge on any atom is 0.237 e. The Morgan fingerprint density at radius 1 is 1.35 bits per heavy atom. The highest BCUT2D eigenvalue weighted by Gasteiger charge is 2.32. The average molecular weight is 250 g/mol. The summed E-state index contributed by atoms with van der Waals surface area (Å²) < 4.78 is 0. The summed E-state index contributed by atoms with van der Waals surface area (Å²) in [5.41, 5.74) is 5.24. The molecule has 0 spiro atoms. The minimum absolute atomic E-state index is 0.207. The van der Waals surface area contributed by atoms with Gasteiger partial charge in [0.1, 0.15) is 30.6 Å². The predicted molar refractivity (Wildman–Crippen MR) is 56.8 cm³/mol. The Bertz CT molecular complexity index is 260. The van der Waals surface area contributed by atoms with Gasteiger partial charge in [0.25, 0.3) is 0 Å². The lowest BCUT2D eigenvalue weighted by Crippen LogP contribution is -2.55. The first-order chi connectivity index (χ1) is 7.84. The van der Waals surface area contributed by atoms with E-state index in [4.69, 9.17) is 15.9 Å². The number of rotatable bonds is 7. The van der Waals surface area contributed by atoms with Crippen molar-refractivity contribution in [1.29, 1.82) is 0 Å². The second-order valence-electron chi connectivity index (χ2n) is 3.69. The summed E-state index contributed by atoms with van der Waals surface area (Å²) in [4.78, 5) is 21.8. The number of aliphatic hydroxyl groups is 4. The van der Waals surface area contributed by atoms with Crippen molar-refractivity contribution >= 4 is 12.2 Å². The van der Waals surface area contributed by atoms with Crippen molar-refractivity contribution in [2.45, 2.75) is 37.3 Å². The summed E-state index contributed by atoms with van der Waals surface area (Å²) in [7, 11) is 0. The molecule has 0 saturated carbocycles. The predicted octanol–water partition coefficient (Wildman–Crippen LogP) is -3.91. The summed E-state index contributed by atoms with van der Waals surface area (Å²) in [6, 6.07) is -2.30. The fraction of sp³-hybridized carbons (Fsp3) is 0.778. The molecule has 100 valence electrons. The molecule has 17 heavy (non-hydrogen) atoms. The van der Waals surface area contributed by atoms with Crippen LogP contribution in [0.4, 0.5) is 0 Å². The monoisotopic (exact) mass is 250 g/mol. The Morgan fingerprint density at radius 2 is 1.88 bits per heavy atom. The van der Waals surface area contributed by atoms with Crippen molar-refractivity contribution in [3.63, 3.8) is 0 Å². The minimum atomic E-state index is -1.76. The molecule has 0 aliphatic heterocycles. The minimum Gasteiger partial charge on any atom is -0.394 e. The second-order valence-corrected chi connectivity index (χ2v) is 3.69. The van der Waals surface area contributed by atoms with Gasteiger partial charge in [0.05, 0.1) is 12.6 Å². The van der Waals surface area contributed by atoms with E-state index in [2.05, 4.69) is 5.32 Å². The van der Waals surface area contributed by atoms with Crippen LogP contribution in [0.5, 0.6) is 0 Å². The van der Waals surface area contributed by atoms with Crippen LogP contribution in [-0.2, 0) is 9.59 Å². The molecule has 0 saturated heterocycles. The van der Waals surface area contributed by atoms with Gasteiger partial charge in [-0.25, -0.2) is 0 Å². The normalized spacial score (nSPS) is 19.9. The van der Waals surface area contributed by atoms with E-state index in [9.17, 15) is 19.8 Å². The fourth-order valence-electron chi connectivity index (χ4n) is 1.04. The molecule has 8 heteroatoms. The number of nitrogens with one attached hydrogen (secondary N) is 1. The summed E-state index contributed by atoms with van der Waals surface area (Å²) in [5, 5.41) is 38.6. The molecule has 0 fully saturated rings. The van der Waals surface area contributed by atoms with Crippen molar-refractivity contribution in [2.75, 3.05) is 6.61 Å². The van der Waals surface area contributed by atoms with Crippen molar-refractivity contribution in [2.24, 2.45) is 5.73 Å². The van der Waals surface area contributed by atoms with Crippen molar-refractivity contribution < 1.29 is 30.0 Å². The van der Waals surface area contributed by atoms with Gasteiger partial charge in [0.2, 0.25) is 5.91 Å². The number of carbonyl (C=O) groups excluding carboxylic acids is 2. The van der Waals surface area contributed by atoms with Gasteiger partial charge < -0.3 is 36.3 Å². The molecule has 0 heterocycles. The number of nitrogens with two attached hydrogens (primary N) is 1. The number of carbonyl (C=O) groups is 2. The first-order valence-electron chi connectivity index (χ1n) is 5.01. The van der Waals surface area contributed by atoms with Gasteiger partial charge in [-0.3, -0.25) is 4.79 Å². The van der Waals surface area contributed by atoms with Crippen LogP contribution in [-0.4, -0.2) is 69.6 Å². The van der Waals surface area contributed by atoms with E-state index in [1.807, 2.05) is 0 Å². The maximum atomic E-state index is 11.2. The van der Waals surface area contributed by atoms with Crippen LogP contribution < -0.4 is 11.1 Å². The van der Waals surface area contributed by atoms with Gasteiger partial charge in [-0.05, 0) is 6.92 Å². The Labute approximate surface area is 98.0 Å². The van der Waals surface area contributed by atoms with Crippen LogP contribution in [0.2, 0.25) is 0 Å². The lowest BCUT2D eigenvalue weighted by atomic mass is 10.0. The van der Waals surface area contributed by atoms with E-state index < -0.39 is 42.9 Å². The molecule has 8 nitrogen and oxygen atoms in total. The number of aldehydes is 1. The van der Waals surface area contributed by atoms with Crippen LogP contribution in [0.1, 0.15) is 6.92 Å². The van der Waals surface area contributed by atoms with E-state index >= 15 is 0 Å². The molecule has 0 aliphatic carbocycles. The summed E-state index contributed by atoms with van der Waals surface area (Å²) in [5.74, 6) is -0.688. The lowest BCUT2D eigenvalue weighted by molar-refractivity contribution is -0.131. The zero-order valence-corrected chi connectivity index (χ0v) is 9.35. The molecule has 0 aromatic carbocycles. The van der Waals surface area contributed by atoms with E-state index in [1.54, 1.807) is 0 Å². The van der Waals surface area contributed by atoms with Crippen molar-refractivity contribution in [3.8, 4) is 0 Å². The van der Waals surface area contributed by atoms with Gasteiger partial charge in [-0.15, -0.1) is 0 Å². The van der Waals surface area contributed by atoms with Gasteiger partial charge in [0.15, 0.2) is 0 Å². The molecular formula is C9H18N2O6. The standard InChI is InChI=1S/C9H18N2O6/c1-4(10)9(17)11-5(2-12)7(15)8(16)6(14)3-13/h2,4-8,13-16H,3,10H2,1H3,(H,11,17)/t4-,5-,6+,7+,8+/m0/s1. The van der Waals surface area contributed by atoms with Crippen molar-refractivity contribution in [3.05, 3.63) is 0 Å². The maximum absolute atomic E-state index is 11.2. The number of amides is 1. The molecule has 1 amide bonds. The molecular weight excluding hydrogens is 232 g/mol. The summed E-state index contributed by atoms with van der Waals surface area (Å²) >= 11 is 0. The van der Waals surface area contributed by atoms with Crippen molar-refractivity contribution in [1.82, 2.24) is 5.32 Å². The summed E-state index contributed by atoms with van der Waals surface area (Å²) in [6.45, 7) is 0.591. The molecule has 0 radical (unpaired) electrons. The SMILES string of the molecule is C[C@H](N)C(=O)N[C@@H](C=O)[C@@H](O)[C@H](O)[C@H](O)CO. The van der Waals surface area contributed by atoms with Crippen LogP contribution in [0, 0.1) is 0 Å². The number of hydrogen-bond acceptors (Lipinski definition) is 7. The van der Waals surface area contributed by atoms with Gasteiger partial charge >= 0.3 is 0 Å². The number of aliphatic hydroxyl groups excluding tert-OH is 4. The molecule has 0 aromatic heterocycles. The molecule has 0 aliphatic rings. The van der Waals surface area contributed by atoms with Crippen LogP contribution >= 0.6 is 0 Å². The van der Waals surface area contributed by atoms with Gasteiger partial charge in [-0.1, -0.05) is 0 Å². The molecule has 0 bridgehead atoms. The van der Waals surface area contributed by atoms with E-state index in [-0.39, 0.29) is 6.29 Å². The molecule has 5 atom stereocenters. The fourth-order valence-corrected chi connectivity index (χ4v) is 1.04.